The maximum Gasteiger partial charge on any atom is 0.317 e. The first kappa shape index (κ1) is 17.9. The van der Waals surface area contributed by atoms with E-state index in [1.165, 1.54) is 12.8 Å². The highest BCUT2D eigenvalue weighted by Crippen LogP contribution is 2.34. The summed E-state index contributed by atoms with van der Waals surface area (Å²) in [4.78, 5) is 26.6. The summed E-state index contributed by atoms with van der Waals surface area (Å²) in [5.74, 6) is 1.45. The summed E-state index contributed by atoms with van der Waals surface area (Å²) in [5, 5.41) is 12.7. The summed E-state index contributed by atoms with van der Waals surface area (Å²) in [5.41, 5.74) is 1.80. The second kappa shape index (κ2) is 7.60. The lowest BCUT2D eigenvalue weighted by Crippen LogP contribution is -2.52. The lowest BCUT2D eigenvalue weighted by Gasteiger charge is -2.43. The maximum atomic E-state index is 11.2. The van der Waals surface area contributed by atoms with Gasteiger partial charge in [-0.3, -0.25) is 14.7 Å². The van der Waals surface area contributed by atoms with Crippen molar-refractivity contribution in [1.82, 2.24) is 19.9 Å². The number of aryl methyl sites for hydroxylation is 1. The van der Waals surface area contributed by atoms with Crippen LogP contribution < -0.4 is 5.32 Å². The van der Waals surface area contributed by atoms with Crippen LogP contribution in [0.3, 0.4) is 0 Å². The number of nitrogens with one attached hydrogen (secondary N) is 1. The molecule has 0 aliphatic heterocycles. The molecule has 2 saturated carbocycles. The predicted molar refractivity (Wildman–Crippen MR) is 102 cm³/mol. The fourth-order valence-corrected chi connectivity index (χ4v) is 3.63. The van der Waals surface area contributed by atoms with Crippen LogP contribution in [0.1, 0.15) is 31.4 Å². The SMILES string of the molecule is Cc1cc(NC2CC(N(CC(=O)O)CC3CC3)C2)nc(-c2cccnc2)n1. The van der Waals surface area contributed by atoms with Crippen LogP contribution in [-0.2, 0) is 4.79 Å². The van der Waals surface area contributed by atoms with Crippen molar-refractivity contribution in [3.63, 3.8) is 0 Å². The second-order valence-electron chi connectivity index (χ2n) is 7.69. The Bertz CT molecular complexity index is 803. The number of hydrogen-bond donors (Lipinski definition) is 2. The highest BCUT2D eigenvalue weighted by atomic mass is 16.4. The second-order valence-corrected chi connectivity index (χ2v) is 7.69. The topological polar surface area (TPSA) is 91.2 Å². The van der Waals surface area contributed by atoms with E-state index in [0.29, 0.717) is 23.8 Å². The van der Waals surface area contributed by atoms with Crippen LogP contribution in [0.2, 0.25) is 0 Å². The Balaban J connectivity index is 1.38. The Kier molecular flexibility index (Phi) is 5.03. The molecule has 0 aromatic carbocycles. The van der Waals surface area contributed by atoms with Gasteiger partial charge in [-0.1, -0.05) is 0 Å². The van der Waals surface area contributed by atoms with Gasteiger partial charge in [0.05, 0.1) is 6.54 Å². The number of rotatable bonds is 8. The van der Waals surface area contributed by atoms with Gasteiger partial charge in [-0.25, -0.2) is 9.97 Å². The first-order chi connectivity index (χ1) is 13.1. The third kappa shape index (κ3) is 4.60. The lowest BCUT2D eigenvalue weighted by molar-refractivity contribution is -0.139. The van der Waals surface area contributed by atoms with Gasteiger partial charge in [0.2, 0.25) is 0 Å². The Morgan fingerprint density at radius 1 is 1.33 bits per heavy atom. The van der Waals surface area contributed by atoms with E-state index in [1.807, 2.05) is 25.1 Å². The molecule has 0 radical (unpaired) electrons. The number of nitrogens with zero attached hydrogens (tertiary/aromatic N) is 4. The van der Waals surface area contributed by atoms with Crippen molar-refractivity contribution >= 4 is 11.8 Å². The summed E-state index contributed by atoms with van der Waals surface area (Å²) in [7, 11) is 0. The predicted octanol–water partition coefficient (Wildman–Crippen LogP) is 2.59. The minimum absolute atomic E-state index is 0.145. The molecule has 7 heteroatoms. The molecule has 0 unspecified atom stereocenters. The molecule has 2 aromatic rings. The van der Waals surface area contributed by atoms with Crippen molar-refractivity contribution < 1.29 is 9.90 Å². The van der Waals surface area contributed by atoms with Gasteiger partial charge in [0.25, 0.3) is 0 Å². The van der Waals surface area contributed by atoms with Gasteiger partial charge < -0.3 is 10.4 Å². The molecule has 2 aliphatic carbocycles. The van der Waals surface area contributed by atoms with Crippen molar-refractivity contribution in [2.24, 2.45) is 5.92 Å². The number of anilines is 1. The molecule has 2 aliphatic rings. The molecule has 4 rings (SSSR count). The Hall–Kier alpha value is -2.54. The first-order valence-corrected chi connectivity index (χ1v) is 9.55. The van der Waals surface area contributed by atoms with Gasteiger partial charge in [-0.2, -0.15) is 0 Å². The monoisotopic (exact) mass is 367 g/mol. The molecule has 0 bridgehead atoms. The molecule has 2 heterocycles. The van der Waals surface area contributed by atoms with Crippen LogP contribution in [0.4, 0.5) is 5.82 Å². The van der Waals surface area contributed by atoms with Crippen molar-refractivity contribution in [2.45, 2.75) is 44.7 Å². The largest absolute Gasteiger partial charge is 0.480 e. The smallest absolute Gasteiger partial charge is 0.317 e. The van der Waals surface area contributed by atoms with Crippen molar-refractivity contribution in [1.29, 1.82) is 0 Å². The highest BCUT2D eigenvalue weighted by Gasteiger charge is 2.37. The van der Waals surface area contributed by atoms with E-state index in [0.717, 1.165) is 36.5 Å². The highest BCUT2D eigenvalue weighted by molar-refractivity contribution is 5.69. The zero-order chi connectivity index (χ0) is 18.8. The van der Waals surface area contributed by atoms with E-state index in [2.05, 4.69) is 25.2 Å². The van der Waals surface area contributed by atoms with E-state index in [4.69, 9.17) is 0 Å². The molecule has 0 amide bonds. The summed E-state index contributed by atoms with van der Waals surface area (Å²) in [6.07, 6.45) is 7.87. The zero-order valence-electron chi connectivity index (χ0n) is 15.5. The number of carboxylic acid groups (broad SMARTS) is 1. The van der Waals surface area contributed by atoms with Crippen LogP contribution in [0.15, 0.2) is 30.6 Å². The molecule has 0 atom stereocenters. The van der Waals surface area contributed by atoms with Crippen LogP contribution in [0.5, 0.6) is 0 Å². The average molecular weight is 367 g/mol. The summed E-state index contributed by atoms with van der Waals surface area (Å²) >= 11 is 0. The third-order valence-electron chi connectivity index (χ3n) is 5.28. The minimum atomic E-state index is -0.736. The number of carboxylic acids is 1. The van der Waals surface area contributed by atoms with Gasteiger partial charge in [-0.15, -0.1) is 0 Å². The normalized spacial score (nSPS) is 21.7. The van der Waals surface area contributed by atoms with Gasteiger partial charge in [0.1, 0.15) is 5.82 Å². The molecule has 2 fully saturated rings. The molecule has 2 N–H and O–H groups in total. The van der Waals surface area contributed by atoms with E-state index >= 15 is 0 Å². The summed E-state index contributed by atoms with van der Waals surface area (Å²) in [6, 6.07) is 6.45. The van der Waals surface area contributed by atoms with Crippen LogP contribution in [-0.4, -0.2) is 56.1 Å². The van der Waals surface area contributed by atoms with Crippen molar-refractivity contribution in [3.05, 3.63) is 36.3 Å². The zero-order valence-corrected chi connectivity index (χ0v) is 15.5. The number of aliphatic carboxylic acids is 1. The van der Waals surface area contributed by atoms with Crippen molar-refractivity contribution in [2.75, 3.05) is 18.4 Å². The van der Waals surface area contributed by atoms with Gasteiger partial charge in [0.15, 0.2) is 5.82 Å². The third-order valence-corrected chi connectivity index (χ3v) is 5.28. The van der Waals surface area contributed by atoms with Gasteiger partial charge in [0, 0.05) is 48.3 Å². The average Bonchev–Trinajstić information content (AvgIpc) is 3.41. The Morgan fingerprint density at radius 2 is 2.15 bits per heavy atom. The van der Waals surface area contributed by atoms with Crippen molar-refractivity contribution in [3.8, 4) is 11.4 Å². The summed E-state index contributed by atoms with van der Waals surface area (Å²) in [6.45, 7) is 3.02. The molecule has 142 valence electrons. The van der Waals surface area contributed by atoms with Crippen LogP contribution in [0.25, 0.3) is 11.4 Å². The lowest BCUT2D eigenvalue weighted by atomic mass is 9.85. The molecule has 0 spiro atoms. The Morgan fingerprint density at radius 3 is 2.81 bits per heavy atom. The molecule has 7 nitrogen and oxygen atoms in total. The number of hydrogen-bond acceptors (Lipinski definition) is 6. The number of pyridine rings is 1. The quantitative estimate of drug-likeness (QED) is 0.741. The molecular weight excluding hydrogens is 342 g/mol. The van der Waals surface area contributed by atoms with E-state index in [9.17, 15) is 9.90 Å². The fraction of sp³-hybridized carbons (Fsp3) is 0.500. The molecule has 27 heavy (non-hydrogen) atoms. The van der Waals surface area contributed by atoms with Gasteiger partial charge >= 0.3 is 5.97 Å². The minimum Gasteiger partial charge on any atom is -0.480 e. The molecule has 2 aromatic heterocycles. The van der Waals surface area contributed by atoms with Crippen LogP contribution in [0, 0.1) is 12.8 Å². The number of carbonyl (C=O) groups is 1. The molecule has 0 saturated heterocycles. The van der Waals surface area contributed by atoms with Crippen LogP contribution >= 0.6 is 0 Å². The number of aromatic nitrogens is 3. The van der Waals surface area contributed by atoms with Gasteiger partial charge in [-0.05, 0) is 50.7 Å². The summed E-state index contributed by atoms with van der Waals surface area (Å²) < 4.78 is 0. The molecular formula is C20H25N5O2. The first-order valence-electron chi connectivity index (χ1n) is 9.55. The maximum absolute atomic E-state index is 11.2. The standard InChI is InChI=1S/C20H25N5O2/c1-13-7-18(24-20(22-13)15-3-2-6-21-10-15)23-16-8-17(9-16)25(12-19(26)27)11-14-4-5-14/h2-3,6-7,10,14,16-17H,4-5,8-9,11-12H2,1H3,(H,26,27)(H,22,23,24). The Labute approximate surface area is 158 Å². The van der Waals surface area contributed by atoms with E-state index < -0.39 is 5.97 Å². The van der Waals surface area contributed by atoms with E-state index in [1.54, 1.807) is 12.4 Å². The van der Waals surface area contributed by atoms with E-state index in [-0.39, 0.29) is 6.54 Å². The fourth-order valence-electron chi connectivity index (χ4n) is 3.63.